The van der Waals surface area contributed by atoms with E-state index in [2.05, 4.69) is 23.1 Å². The number of rotatable bonds is 5. The molecular weight excluding hydrogens is 355 g/mol. The molecule has 0 spiro atoms. The first kappa shape index (κ1) is 19.4. The number of amides is 1. The zero-order chi connectivity index (χ0) is 19.4. The molecule has 3 rings (SSSR count). The van der Waals surface area contributed by atoms with Gasteiger partial charge in [0, 0.05) is 13.1 Å². The maximum absolute atomic E-state index is 12.8. The number of hydrogen-bond donors (Lipinski definition) is 3. The van der Waals surface area contributed by atoms with Crippen molar-refractivity contribution in [3.05, 3.63) is 70.8 Å². The van der Waals surface area contributed by atoms with Crippen LogP contribution in [0, 0.1) is 5.92 Å². The fourth-order valence-corrected chi connectivity index (χ4v) is 3.20. The van der Waals surface area contributed by atoms with Crippen molar-refractivity contribution in [1.82, 2.24) is 16.2 Å². The highest BCUT2D eigenvalue weighted by Crippen LogP contribution is 2.30. The fourth-order valence-electron chi connectivity index (χ4n) is 3.20. The van der Waals surface area contributed by atoms with Crippen molar-refractivity contribution in [2.24, 2.45) is 5.92 Å². The first-order valence-electron chi connectivity index (χ1n) is 8.89. The fraction of sp³-hybridized carbons (Fsp3) is 0.350. The SMILES string of the molecule is CCc1ccc(C2NNCC2C(=O)NCc2cccc(C(F)(F)F)c2)cc1. The third-order valence-corrected chi connectivity index (χ3v) is 4.79. The molecule has 1 aliphatic heterocycles. The van der Waals surface area contributed by atoms with Crippen LogP contribution in [0.2, 0.25) is 0 Å². The summed E-state index contributed by atoms with van der Waals surface area (Å²) in [5.41, 5.74) is 8.02. The lowest BCUT2D eigenvalue weighted by Crippen LogP contribution is -2.34. The van der Waals surface area contributed by atoms with Gasteiger partial charge in [-0.1, -0.05) is 43.3 Å². The van der Waals surface area contributed by atoms with Crippen LogP contribution in [0.15, 0.2) is 48.5 Å². The summed E-state index contributed by atoms with van der Waals surface area (Å²) in [7, 11) is 0. The first-order chi connectivity index (χ1) is 12.9. The Labute approximate surface area is 156 Å². The summed E-state index contributed by atoms with van der Waals surface area (Å²) < 4.78 is 38.4. The van der Waals surface area contributed by atoms with Crippen LogP contribution >= 0.6 is 0 Å². The van der Waals surface area contributed by atoms with E-state index < -0.39 is 11.7 Å². The largest absolute Gasteiger partial charge is 0.416 e. The highest BCUT2D eigenvalue weighted by molar-refractivity contribution is 5.80. The molecule has 2 atom stereocenters. The molecule has 27 heavy (non-hydrogen) atoms. The van der Waals surface area contributed by atoms with Crippen molar-refractivity contribution in [2.75, 3.05) is 6.54 Å². The molecule has 4 nitrogen and oxygen atoms in total. The summed E-state index contributed by atoms with van der Waals surface area (Å²) in [4.78, 5) is 12.6. The quantitative estimate of drug-likeness (QED) is 0.749. The third-order valence-electron chi connectivity index (χ3n) is 4.79. The van der Waals surface area contributed by atoms with Crippen LogP contribution in [0.3, 0.4) is 0 Å². The second-order valence-electron chi connectivity index (χ2n) is 6.62. The predicted molar refractivity (Wildman–Crippen MR) is 96.5 cm³/mol. The van der Waals surface area contributed by atoms with Gasteiger partial charge >= 0.3 is 6.18 Å². The zero-order valence-corrected chi connectivity index (χ0v) is 14.9. The molecule has 3 N–H and O–H groups in total. The minimum atomic E-state index is -4.39. The molecule has 2 aromatic rings. The van der Waals surface area contributed by atoms with Crippen LogP contribution < -0.4 is 16.2 Å². The highest BCUT2D eigenvalue weighted by atomic mass is 19.4. The zero-order valence-electron chi connectivity index (χ0n) is 14.9. The molecule has 2 unspecified atom stereocenters. The highest BCUT2D eigenvalue weighted by Gasteiger charge is 2.34. The molecule has 1 saturated heterocycles. The van der Waals surface area contributed by atoms with Crippen LogP contribution in [0.1, 0.15) is 35.2 Å². The summed E-state index contributed by atoms with van der Waals surface area (Å²) in [6, 6.07) is 12.9. The van der Waals surface area contributed by atoms with E-state index in [1.54, 1.807) is 6.07 Å². The van der Waals surface area contributed by atoms with Crippen molar-refractivity contribution >= 4 is 5.91 Å². The molecule has 0 bridgehead atoms. The Morgan fingerprint density at radius 3 is 2.56 bits per heavy atom. The molecular formula is C20H22F3N3O. The van der Waals surface area contributed by atoms with E-state index >= 15 is 0 Å². The maximum atomic E-state index is 12.8. The topological polar surface area (TPSA) is 53.2 Å². The molecule has 1 fully saturated rings. The molecule has 0 radical (unpaired) electrons. The van der Waals surface area contributed by atoms with Gasteiger partial charge in [0.25, 0.3) is 0 Å². The Kier molecular flexibility index (Phi) is 5.82. The Balaban J connectivity index is 1.65. The summed E-state index contributed by atoms with van der Waals surface area (Å²) in [6.45, 7) is 2.59. The van der Waals surface area contributed by atoms with Gasteiger partial charge in [0.1, 0.15) is 0 Å². The van der Waals surface area contributed by atoms with E-state index in [0.29, 0.717) is 12.1 Å². The summed E-state index contributed by atoms with van der Waals surface area (Å²) in [6.07, 6.45) is -3.45. The molecule has 1 aliphatic rings. The number of carbonyl (C=O) groups is 1. The second-order valence-corrected chi connectivity index (χ2v) is 6.62. The van der Waals surface area contributed by atoms with Gasteiger partial charge in [-0.15, -0.1) is 0 Å². The van der Waals surface area contributed by atoms with Gasteiger partial charge in [-0.3, -0.25) is 10.2 Å². The van der Waals surface area contributed by atoms with E-state index in [4.69, 9.17) is 0 Å². The Morgan fingerprint density at radius 1 is 1.15 bits per heavy atom. The summed E-state index contributed by atoms with van der Waals surface area (Å²) >= 11 is 0. The van der Waals surface area contributed by atoms with E-state index in [9.17, 15) is 18.0 Å². The van der Waals surface area contributed by atoms with E-state index in [-0.39, 0.29) is 24.4 Å². The molecule has 1 heterocycles. The molecule has 144 valence electrons. The van der Waals surface area contributed by atoms with Gasteiger partial charge in [-0.05, 0) is 35.2 Å². The number of benzene rings is 2. The number of halogens is 3. The van der Waals surface area contributed by atoms with Crippen molar-refractivity contribution < 1.29 is 18.0 Å². The van der Waals surface area contributed by atoms with Gasteiger partial charge in [0.2, 0.25) is 5.91 Å². The average molecular weight is 377 g/mol. The third kappa shape index (κ3) is 4.67. The molecule has 0 saturated carbocycles. The smallest absolute Gasteiger partial charge is 0.352 e. The normalized spacial score (nSPS) is 19.9. The Bertz CT molecular complexity index is 790. The number of alkyl halides is 3. The second kappa shape index (κ2) is 8.10. The van der Waals surface area contributed by atoms with Crippen LogP contribution in [0.5, 0.6) is 0 Å². The summed E-state index contributed by atoms with van der Waals surface area (Å²) in [5.74, 6) is -0.544. The Hall–Kier alpha value is -2.38. The van der Waals surface area contributed by atoms with Crippen molar-refractivity contribution in [2.45, 2.75) is 32.1 Å². The number of aryl methyl sites for hydroxylation is 1. The van der Waals surface area contributed by atoms with Gasteiger partial charge < -0.3 is 5.32 Å². The maximum Gasteiger partial charge on any atom is 0.416 e. The molecule has 7 heteroatoms. The lowest BCUT2D eigenvalue weighted by molar-refractivity contribution is -0.137. The Morgan fingerprint density at radius 2 is 1.89 bits per heavy atom. The van der Waals surface area contributed by atoms with Gasteiger partial charge in [-0.25, -0.2) is 5.43 Å². The van der Waals surface area contributed by atoms with Gasteiger partial charge in [0.05, 0.1) is 17.5 Å². The van der Waals surface area contributed by atoms with E-state index in [1.807, 2.05) is 24.3 Å². The first-order valence-corrected chi connectivity index (χ1v) is 8.89. The van der Waals surface area contributed by atoms with Crippen LogP contribution in [-0.4, -0.2) is 12.5 Å². The van der Waals surface area contributed by atoms with Crippen molar-refractivity contribution in [1.29, 1.82) is 0 Å². The minimum Gasteiger partial charge on any atom is -0.352 e. The van der Waals surface area contributed by atoms with Crippen molar-refractivity contribution in [3.8, 4) is 0 Å². The number of nitrogens with one attached hydrogen (secondary N) is 3. The molecule has 2 aromatic carbocycles. The molecule has 1 amide bonds. The standard InChI is InChI=1S/C20H22F3N3O/c1-2-13-6-8-15(9-7-13)18-17(12-25-26-18)19(27)24-11-14-4-3-5-16(10-14)20(21,22)23/h3-10,17-18,25-26H,2,11-12H2,1H3,(H,24,27). The van der Waals surface area contributed by atoms with Crippen molar-refractivity contribution in [3.63, 3.8) is 0 Å². The monoisotopic (exact) mass is 377 g/mol. The van der Waals surface area contributed by atoms with E-state index in [1.165, 1.54) is 11.6 Å². The lowest BCUT2D eigenvalue weighted by Gasteiger charge is -2.19. The number of carbonyl (C=O) groups excluding carboxylic acids is 1. The van der Waals surface area contributed by atoms with Gasteiger partial charge in [-0.2, -0.15) is 13.2 Å². The van der Waals surface area contributed by atoms with E-state index in [0.717, 1.165) is 24.1 Å². The van der Waals surface area contributed by atoms with Gasteiger partial charge in [0.15, 0.2) is 0 Å². The number of hydrazine groups is 1. The van der Waals surface area contributed by atoms with Crippen LogP contribution in [0.4, 0.5) is 13.2 Å². The lowest BCUT2D eigenvalue weighted by atomic mass is 9.93. The minimum absolute atomic E-state index is 0.0563. The van der Waals surface area contributed by atoms with Crippen LogP contribution in [-0.2, 0) is 23.9 Å². The number of hydrogen-bond acceptors (Lipinski definition) is 3. The van der Waals surface area contributed by atoms with Crippen LogP contribution in [0.25, 0.3) is 0 Å². The predicted octanol–water partition coefficient (Wildman–Crippen LogP) is 3.35. The summed E-state index contributed by atoms with van der Waals surface area (Å²) in [5, 5.41) is 2.76. The molecule has 0 aliphatic carbocycles. The molecule has 0 aromatic heterocycles. The average Bonchev–Trinajstić information content (AvgIpc) is 3.15.